The molecule has 2 rings (SSSR count). The van der Waals surface area contributed by atoms with Gasteiger partial charge in [-0.2, -0.15) is 0 Å². The van der Waals surface area contributed by atoms with Gasteiger partial charge in [-0.15, -0.1) is 5.60 Å². The van der Waals surface area contributed by atoms with Gasteiger partial charge in [-0.25, -0.2) is 0 Å². The minimum Gasteiger partial charge on any atom is -0.850 e. The van der Waals surface area contributed by atoms with E-state index >= 15 is 0 Å². The summed E-state index contributed by atoms with van der Waals surface area (Å²) in [5.41, 5.74) is 1.74. The number of rotatable bonds is 2. The molecule has 0 atom stereocenters. The van der Waals surface area contributed by atoms with Gasteiger partial charge in [-0.05, 0) is 11.1 Å². The zero-order chi connectivity index (χ0) is 14.3. The van der Waals surface area contributed by atoms with Gasteiger partial charge in [-0.1, -0.05) is 81.4 Å². The molecule has 0 bridgehead atoms. The van der Waals surface area contributed by atoms with Gasteiger partial charge in [0.1, 0.15) is 0 Å². The van der Waals surface area contributed by atoms with Crippen molar-refractivity contribution in [1.82, 2.24) is 0 Å². The van der Waals surface area contributed by atoms with Crippen molar-refractivity contribution in [3.05, 3.63) is 71.8 Å². The van der Waals surface area contributed by atoms with E-state index in [0.29, 0.717) is 5.71 Å². The van der Waals surface area contributed by atoms with Crippen LogP contribution in [0.5, 0.6) is 0 Å². The first-order chi connectivity index (χ1) is 8.88. The Balaban J connectivity index is 0.000000526. The number of benzene rings is 2. The molecule has 0 unspecified atom stereocenters. The number of hydrogen-bond donors (Lipinski definition) is 1. The molecule has 20 heavy (non-hydrogen) atoms. The third kappa shape index (κ3) is 8.28. The van der Waals surface area contributed by atoms with Crippen LogP contribution in [0, 0.1) is 5.41 Å². The molecule has 2 aromatic rings. The molecular weight excluding hydrogens is 257 g/mol. The van der Waals surface area contributed by atoms with E-state index in [2.05, 4.69) is 0 Å². The topological polar surface area (TPSA) is 46.9 Å². The predicted octanol–water partition coefficient (Wildman–Crippen LogP) is 0.252. The Hall–Kier alpha value is -0.930. The van der Waals surface area contributed by atoms with E-state index in [0.717, 1.165) is 11.1 Å². The van der Waals surface area contributed by atoms with Gasteiger partial charge in [0.25, 0.3) is 0 Å². The summed E-state index contributed by atoms with van der Waals surface area (Å²) < 4.78 is 0. The normalized spacial score (nSPS) is 9.80. The molecule has 0 aliphatic rings. The molecule has 3 heteroatoms. The van der Waals surface area contributed by atoms with E-state index in [9.17, 15) is 5.11 Å². The molecule has 0 saturated heterocycles. The third-order valence-electron chi connectivity index (χ3n) is 2.12. The van der Waals surface area contributed by atoms with Gasteiger partial charge >= 0.3 is 29.6 Å². The minimum atomic E-state index is -0.750. The van der Waals surface area contributed by atoms with Gasteiger partial charge < -0.3 is 5.11 Å². The molecule has 0 aliphatic heterocycles. The second kappa shape index (κ2) is 9.09. The molecule has 100 valence electrons. The monoisotopic (exact) mass is 277 g/mol. The van der Waals surface area contributed by atoms with E-state index in [1.807, 2.05) is 60.7 Å². The minimum absolute atomic E-state index is 0. The van der Waals surface area contributed by atoms with Gasteiger partial charge in [0.05, 0.1) is 5.71 Å². The summed E-state index contributed by atoms with van der Waals surface area (Å²) in [7, 11) is 0. The first kappa shape index (κ1) is 19.1. The quantitative estimate of drug-likeness (QED) is 0.621. The second-order valence-electron chi connectivity index (χ2n) is 5.22. The Morgan fingerprint density at radius 1 is 0.800 bits per heavy atom. The summed E-state index contributed by atoms with van der Waals surface area (Å²) >= 11 is 0. The Bertz CT molecular complexity index is 456. The summed E-state index contributed by atoms with van der Waals surface area (Å²) in [6.07, 6.45) is 0. The molecule has 1 N–H and O–H groups in total. The molecule has 0 aliphatic carbocycles. The molecule has 2 nitrogen and oxygen atoms in total. The fraction of sp³-hybridized carbons (Fsp3) is 0.235. The SMILES string of the molecule is CC(C)(C)[O-].N=C(c1ccccc1)c1ccccc1.[Na+]. The first-order valence-electron chi connectivity index (χ1n) is 6.28. The van der Waals surface area contributed by atoms with Crippen LogP contribution in [0.2, 0.25) is 0 Å². The molecule has 0 fully saturated rings. The van der Waals surface area contributed by atoms with Crippen molar-refractivity contribution in [2.45, 2.75) is 26.4 Å². The van der Waals surface area contributed by atoms with Crippen LogP contribution in [0.25, 0.3) is 0 Å². The molecule has 0 spiro atoms. The van der Waals surface area contributed by atoms with E-state index in [1.165, 1.54) is 0 Å². The van der Waals surface area contributed by atoms with Crippen molar-refractivity contribution in [3.63, 3.8) is 0 Å². The molecule has 0 aromatic heterocycles. The Morgan fingerprint density at radius 3 is 1.30 bits per heavy atom. The van der Waals surface area contributed by atoms with Crippen molar-refractivity contribution in [2.75, 3.05) is 0 Å². The maximum Gasteiger partial charge on any atom is 1.00 e. The summed E-state index contributed by atoms with van der Waals surface area (Å²) in [5, 5.41) is 18.1. The third-order valence-corrected chi connectivity index (χ3v) is 2.12. The summed E-state index contributed by atoms with van der Waals surface area (Å²) in [6, 6.07) is 19.5. The van der Waals surface area contributed by atoms with Crippen LogP contribution in [-0.2, 0) is 0 Å². The van der Waals surface area contributed by atoms with Crippen molar-refractivity contribution in [2.24, 2.45) is 0 Å². The summed E-state index contributed by atoms with van der Waals surface area (Å²) in [6.45, 7) is 4.90. The maximum absolute atomic E-state index is 10.1. The van der Waals surface area contributed by atoms with Crippen LogP contribution in [0.3, 0.4) is 0 Å². The largest absolute Gasteiger partial charge is 1.00 e. The first-order valence-corrected chi connectivity index (χ1v) is 6.28. The zero-order valence-corrected chi connectivity index (χ0v) is 14.7. The average Bonchev–Trinajstić information content (AvgIpc) is 2.38. The van der Waals surface area contributed by atoms with Crippen molar-refractivity contribution >= 4 is 5.71 Å². The molecule has 0 radical (unpaired) electrons. The van der Waals surface area contributed by atoms with E-state index in [-0.39, 0.29) is 29.6 Å². The molecule has 0 heterocycles. The molecule has 0 saturated carbocycles. The van der Waals surface area contributed by atoms with Gasteiger partial charge in [0, 0.05) is 0 Å². The Morgan fingerprint density at radius 2 is 1.05 bits per heavy atom. The van der Waals surface area contributed by atoms with Crippen LogP contribution in [0.1, 0.15) is 31.9 Å². The van der Waals surface area contributed by atoms with Crippen LogP contribution < -0.4 is 34.7 Å². The van der Waals surface area contributed by atoms with Crippen molar-refractivity contribution in [3.8, 4) is 0 Å². The molecule has 0 amide bonds. The van der Waals surface area contributed by atoms with Gasteiger partial charge in [-0.3, -0.25) is 5.41 Å². The smallest absolute Gasteiger partial charge is 0.850 e. The molecular formula is C17H20NNaO. The molecule has 2 aromatic carbocycles. The van der Waals surface area contributed by atoms with E-state index < -0.39 is 5.60 Å². The van der Waals surface area contributed by atoms with Crippen molar-refractivity contribution < 1.29 is 34.7 Å². The van der Waals surface area contributed by atoms with Crippen LogP contribution >= 0.6 is 0 Å². The Labute approximate surface area is 143 Å². The second-order valence-corrected chi connectivity index (χ2v) is 5.22. The van der Waals surface area contributed by atoms with E-state index in [1.54, 1.807) is 20.8 Å². The van der Waals surface area contributed by atoms with Gasteiger partial charge in [0.15, 0.2) is 0 Å². The average molecular weight is 277 g/mol. The summed E-state index contributed by atoms with van der Waals surface area (Å²) in [5.74, 6) is 0. The van der Waals surface area contributed by atoms with Crippen LogP contribution in [-0.4, -0.2) is 11.3 Å². The number of hydrogen-bond acceptors (Lipinski definition) is 2. The van der Waals surface area contributed by atoms with E-state index in [4.69, 9.17) is 5.41 Å². The fourth-order valence-corrected chi connectivity index (χ4v) is 1.38. The standard InChI is InChI=1S/C13H11N.C4H9O.Na/c14-13(11-7-3-1-4-8-11)12-9-5-2-6-10-12;1-4(2,3)5;/h1-10,14H;1-3H3;/q;-1;+1. The van der Waals surface area contributed by atoms with Gasteiger partial charge in [0.2, 0.25) is 0 Å². The predicted molar refractivity (Wildman–Crippen MR) is 78.6 cm³/mol. The van der Waals surface area contributed by atoms with Crippen LogP contribution in [0.15, 0.2) is 60.7 Å². The van der Waals surface area contributed by atoms with Crippen LogP contribution in [0.4, 0.5) is 0 Å². The zero-order valence-electron chi connectivity index (χ0n) is 12.7. The fourth-order valence-electron chi connectivity index (χ4n) is 1.38. The summed E-state index contributed by atoms with van der Waals surface area (Å²) in [4.78, 5) is 0. The Kier molecular flexibility index (Phi) is 8.67. The maximum atomic E-state index is 10.1. The number of nitrogens with one attached hydrogen (secondary N) is 1. The van der Waals surface area contributed by atoms with Crippen molar-refractivity contribution in [1.29, 1.82) is 5.41 Å².